The predicted molar refractivity (Wildman–Crippen MR) is 520 cm³/mol. The average Bonchev–Trinajstić information content (AvgIpc) is 1.79. The van der Waals surface area contributed by atoms with Crippen LogP contribution in [0.2, 0.25) is 0 Å². The maximum Gasteiger partial charge on any atom is 0.0990 e. The molecule has 10 heteroatoms. The normalized spacial score (nSPS) is 11.0. The third-order valence-electron chi connectivity index (χ3n) is 19.2. The number of nitrogens with zero attached hydrogens (tertiary/aromatic N) is 10. The first-order valence-electron chi connectivity index (χ1n) is 43.6. The van der Waals surface area contributed by atoms with Crippen molar-refractivity contribution in [2.75, 3.05) is 0 Å². The summed E-state index contributed by atoms with van der Waals surface area (Å²) in [6.45, 7) is 74.4. The third kappa shape index (κ3) is 29.2. The van der Waals surface area contributed by atoms with Crippen LogP contribution < -0.4 is 0 Å². The number of allylic oxidation sites excluding steroid dienone is 8. The summed E-state index contributed by atoms with van der Waals surface area (Å²) in [5.74, 6) is 0. The molecule has 630 valence electrons. The smallest absolute Gasteiger partial charge is 0.0990 e. The summed E-state index contributed by atoms with van der Waals surface area (Å²) in [6.07, 6.45) is 39.0. The summed E-state index contributed by atoms with van der Waals surface area (Å²) < 4.78 is 10.5. The van der Waals surface area contributed by atoms with Gasteiger partial charge in [-0.05, 0) is 334 Å². The monoisotopic (exact) mass is 1580 g/mol. The molecule has 4 aliphatic carbocycles. The Balaban J connectivity index is 0.000000642. The van der Waals surface area contributed by atoms with Crippen LogP contribution in [0.25, 0.3) is 49.9 Å². The van der Waals surface area contributed by atoms with Gasteiger partial charge in [0.1, 0.15) is 0 Å². The van der Waals surface area contributed by atoms with Crippen molar-refractivity contribution in [3.8, 4) is 0 Å². The van der Waals surface area contributed by atoms with Gasteiger partial charge in [-0.25, -0.2) is 9.50 Å². The van der Waals surface area contributed by atoms with Crippen LogP contribution in [0.15, 0.2) is 220 Å². The predicted octanol–water partition coefficient (Wildman–Crippen LogP) is 30.8. The zero-order valence-corrected chi connectivity index (χ0v) is 79.6. The van der Waals surface area contributed by atoms with Gasteiger partial charge >= 0.3 is 0 Å². The van der Waals surface area contributed by atoms with E-state index in [1.807, 2.05) is 196 Å². The summed E-state index contributed by atoms with van der Waals surface area (Å²) in [4.78, 5) is 16.8. The van der Waals surface area contributed by atoms with E-state index in [0.717, 1.165) is 31.4 Å². The fraction of sp³-hybridized carbons (Fsp3) is 0.374. The zero-order chi connectivity index (χ0) is 88.6. The lowest BCUT2D eigenvalue weighted by Gasteiger charge is -2.04. The van der Waals surface area contributed by atoms with Crippen LogP contribution in [0, 0.1) is 96.9 Å². The Kier molecular flexibility index (Phi) is 50.4. The van der Waals surface area contributed by atoms with E-state index < -0.39 is 0 Å². The van der Waals surface area contributed by atoms with Gasteiger partial charge < -0.3 is 17.6 Å². The van der Waals surface area contributed by atoms with Crippen LogP contribution in [0.3, 0.4) is 0 Å². The summed E-state index contributed by atoms with van der Waals surface area (Å²) in [5.41, 5.74) is 41.6. The largest absolute Gasteiger partial charge is 0.323 e. The second kappa shape index (κ2) is 56.6. The van der Waals surface area contributed by atoms with E-state index >= 15 is 0 Å². The molecule has 10 nitrogen and oxygen atoms in total. The van der Waals surface area contributed by atoms with Gasteiger partial charge in [-0.3, -0.25) is 15.0 Å². The average molecular weight is 1580 g/mol. The van der Waals surface area contributed by atoms with Crippen LogP contribution in [0.5, 0.6) is 0 Å². The fourth-order valence-corrected chi connectivity index (χ4v) is 14.4. The van der Waals surface area contributed by atoms with E-state index in [4.69, 9.17) is 0 Å². The minimum absolute atomic E-state index is 1.02. The highest BCUT2D eigenvalue weighted by atomic mass is 15.2. The Labute approximate surface area is 710 Å². The minimum atomic E-state index is 1.02. The summed E-state index contributed by atoms with van der Waals surface area (Å²) in [5, 5.41) is 4.18. The highest BCUT2D eigenvalue weighted by Gasteiger charge is 2.16. The van der Waals surface area contributed by atoms with Crippen LogP contribution in [-0.4, -0.2) is 47.2 Å². The number of pyridine rings is 6. The van der Waals surface area contributed by atoms with E-state index in [1.165, 1.54) is 167 Å². The molecular formula is C107H152N10. The second-order valence-corrected chi connectivity index (χ2v) is 26.8. The van der Waals surface area contributed by atoms with E-state index in [2.05, 4.69) is 321 Å². The molecule has 4 aliphatic rings. The van der Waals surface area contributed by atoms with Crippen LogP contribution in [0.1, 0.15) is 275 Å². The second-order valence-electron chi connectivity index (χ2n) is 26.8. The lowest BCUT2D eigenvalue weighted by molar-refractivity contribution is 0.932. The zero-order valence-electron chi connectivity index (χ0n) is 79.6. The molecule has 0 saturated carbocycles. The number of rotatable bonds is 0. The van der Waals surface area contributed by atoms with E-state index in [0.29, 0.717) is 0 Å². The summed E-state index contributed by atoms with van der Waals surface area (Å²) >= 11 is 0. The Bertz CT molecular complexity index is 4590. The van der Waals surface area contributed by atoms with Crippen molar-refractivity contribution in [3.63, 3.8) is 0 Å². The SMILES string of the molecule is CC.CC.CC.CC.CC.CC.CC.CC.CC.CC1=CCc2cccc(C)c21.CC1=CCc2ccnc(C)c21.CC1=CCc2cncc(C)c21.CC1=CCc2nccc(C)c21.Cc1cccc2ccc(C)n12.Cc1cccn2ccc(C)c12.Cc1cccn2ccc(C)c12.Cc1ccn2cncc(C)c12.Cc1ccnn2ccc(C)c12. The number of aromatic nitrogens is 10. The molecule has 0 fully saturated rings. The van der Waals surface area contributed by atoms with Crippen molar-refractivity contribution < 1.29 is 0 Å². The Morgan fingerprint density at radius 2 is 0.667 bits per heavy atom. The number of benzene rings is 1. The molecule has 0 unspecified atom stereocenters. The van der Waals surface area contributed by atoms with Crippen LogP contribution in [-0.2, 0) is 25.7 Å². The molecule has 0 saturated heterocycles. The molecule has 117 heavy (non-hydrogen) atoms. The molecular weight excluding hydrogens is 1430 g/mol. The van der Waals surface area contributed by atoms with Crippen molar-refractivity contribution in [3.05, 3.63) is 343 Å². The van der Waals surface area contributed by atoms with Crippen LogP contribution >= 0.6 is 0 Å². The van der Waals surface area contributed by atoms with Gasteiger partial charge in [0.15, 0.2) is 0 Å². The van der Waals surface area contributed by atoms with Gasteiger partial charge in [0.25, 0.3) is 0 Å². The lowest BCUT2D eigenvalue weighted by Crippen LogP contribution is -1.90. The summed E-state index contributed by atoms with van der Waals surface area (Å²) in [6, 6.07) is 40.3. The molecule has 0 amide bonds. The van der Waals surface area contributed by atoms with Gasteiger partial charge in [0, 0.05) is 115 Å². The summed E-state index contributed by atoms with van der Waals surface area (Å²) in [7, 11) is 0. The molecule has 13 aromatic heterocycles. The van der Waals surface area contributed by atoms with E-state index in [-0.39, 0.29) is 0 Å². The molecule has 0 aliphatic heterocycles. The van der Waals surface area contributed by atoms with Gasteiger partial charge in [0.05, 0.1) is 34.1 Å². The lowest BCUT2D eigenvalue weighted by atomic mass is 10.0. The van der Waals surface area contributed by atoms with Gasteiger partial charge in [-0.2, -0.15) is 5.10 Å². The van der Waals surface area contributed by atoms with Crippen molar-refractivity contribution in [1.29, 1.82) is 0 Å². The number of hydrogen-bond acceptors (Lipinski definition) is 5. The number of aryl methyl sites for hydroxylation is 14. The Morgan fingerprint density at radius 1 is 0.265 bits per heavy atom. The quantitative estimate of drug-likeness (QED) is 0.151. The topological polar surface area (TPSA) is 86.5 Å². The Morgan fingerprint density at radius 3 is 1.16 bits per heavy atom. The fourth-order valence-electron chi connectivity index (χ4n) is 14.4. The number of fused-ring (bicyclic) bond motifs is 9. The van der Waals surface area contributed by atoms with Gasteiger partial charge in [-0.15, -0.1) is 0 Å². The molecule has 18 rings (SSSR count). The molecule has 1 aromatic carbocycles. The molecule has 0 atom stereocenters. The minimum Gasteiger partial charge on any atom is -0.323 e. The van der Waals surface area contributed by atoms with Crippen LogP contribution in [0.4, 0.5) is 0 Å². The molecule has 0 N–H and O–H groups in total. The highest BCUT2D eigenvalue weighted by molar-refractivity contribution is 5.76. The van der Waals surface area contributed by atoms with Crippen molar-refractivity contribution in [2.45, 2.75) is 275 Å². The van der Waals surface area contributed by atoms with Gasteiger partial charge in [-0.1, -0.05) is 185 Å². The molecule has 0 spiro atoms. The highest BCUT2D eigenvalue weighted by Crippen LogP contribution is 2.32. The van der Waals surface area contributed by atoms with Gasteiger partial charge in [0.2, 0.25) is 0 Å². The molecule has 13 heterocycles. The first-order valence-corrected chi connectivity index (χ1v) is 43.6. The van der Waals surface area contributed by atoms with Crippen molar-refractivity contribution in [2.24, 2.45) is 0 Å². The van der Waals surface area contributed by atoms with E-state index in [9.17, 15) is 0 Å². The molecule has 0 bridgehead atoms. The van der Waals surface area contributed by atoms with E-state index in [1.54, 1.807) is 0 Å². The standard InChI is InChI=1S/C11H12.6C10H11N.2C9H10N2.9C2H6/c1-8-4-3-5-10-7-6-9(2)11(8)10;1-7-3-4-9-6-11-5-8(2)10(7)9;1-7-3-4-9-5-6-11-8(2)10(7)9;1-7-3-4-9-10(7)8(2)5-6-11-9;2*1-8-4-3-6-11-7-5-9(2)10(8)11;1-8-4-3-5-10-7-6-9(2)11(8)10;1-7-3-5-10-11-6-4-8(2)9(7)11;1-7-3-4-11-6-10-5-8(2)9(7)11;9*1-2/h3-6H,7H2,1-2H3;3*3,5-6H,4H2,1-2H3;3*3-7H,1-2H3;2*3-6H,1-2H3;9*1-2H3. The Hall–Kier alpha value is -10.7. The van der Waals surface area contributed by atoms with Crippen molar-refractivity contribution >= 4 is 49.9 Å². The molecule has 14 aromatic rings. The molecule has 0 radical (unpaired) electrons. The number of hydrogen-bond donors (Lipinski definition) is 0. The first kappa shape index (κ1) is 104. The first-order chi connectivity index (χ1) is 56.6. The maximum atomic E-state index is 4.32. The maximum absolute atomic E-state index is 4.32. The third-order valence-corrected chi connectivity index (χ3v) is 19.2. The van der Waals surface area contributed by atoms with Crippen molar-refractivity contribution in [1.82, 2.24) is 47.2 Å².